The summed E-state index contributed by atoms with van der Waals surface area (Å²) >= 11 is 0. The molecule has 8 nitrogen and oxygen atoms in total. The van der Waals surface area contributed by atoms with E-state index >= 15 is 0 Å². The van der Waals surface area contributed by atoms with E-state index in [4.69, 9.17) is 14.2 Å². The number of hydrazine groups is 1. The third-order valence-corrected chi connectivity index (χ3v) is 4.81. The van der Waals surface area contributed by atoms with Gasteiger partial charge in [-0.1, -0.05) is 12.1 Å². The predicted molar refractivity (Wildman–Crippen MR) is 107 cm³/mol. The molecule has 1 aliphatic rings. The van der Waals surface area contributed by atoms with E-state index in [0.29, 0.717) is 28.5 Å². The molecule has 0 saturated heterocycles. The van der Waals surface area contributed by atoms with Crippen molar-refractivity contribution in [2.24, 2.45) is 0 Å². The number of carboxylic acid groups (broad SMARTS) is 1. The zero-order chi connectivity index (χ0) is 21.7. The van der Waals surface area contributed by atoms with Crippen LogP contribution in [-0.4, -0.2) is 38.2 Å². The van der Waals surface area contributed by atoms with Gasteiger partial charge in [-0.15, -0.1) is 0 Å². The Bertz CT molecular complexity index is 955. The molecule has 8 heteroatoms. The Morgan fingerprint density at radius 2 is 1.73 bits per heavy atom. The van der Waals surface area contributed by atoms with E-state index in [-0.39, 0.29) is 18.7 Å². The van der Waals surface area contributed by atoms with Crippen LogP contribution in [0.3, 0.4) is 0 Å². The summed E-state index contributed by atoms with van der Waals surface area (Å²) in [5.41, 5.74) is 5.35. The first-order valence-electron chi connectivity index (χ1n) is 9.34. The number of carbonyl (C=O) groups is 2. The molecule has 0 unspecified atom stereocenters. The zero-order valence-electron chi connectivity index (χ0n) is 17.0. The number of nitrogens with one attached hydrogen (secondary N) is 1. The van der Waals surface area contributed by atoms with Crippen molar-refractivity contribution in [2.45, 2.75) is 18.9 Å². The lowest BCUT2D eigenvalue weighted by Gasteiger charge is -2.27. The van der Waals surface area contributed by atoms with E-state index < -0.39 is 12.0 Å². The maximum absolute atomic E-state index is 12.8. The highest BCUT2D eigenvalue weighted by atomic mass is 16.5. The maximum atomic E-state index is 12.8. The monoisotopic (exact) mass is 411 g/mol. The lowest BCUT2D eigenvalue weighted by Crippen LogP contribution is -2.40. The van der Waals surface area contributed by atoms with Crippen molar-refractivity contribution in [2.75, 3.05) is 21.3 Å². The van der Waals surface area contributed by atoms with Crippen LogP contribution in [0.25, 0.3) is 5.70 Å². The van der Waals surface area contributed by atoms with Gasteiger partial charge in [0.05, 0.1) is 27.0 Å². The van der Waals surface area contributed by atoms with Crippen molar-refractivity contribution >= 4 is 17.6 Å². The normalized spacial score (nSPS) is 15.2. The molecule has 2 aromatic carbocycles. The van der Waals surface area contributed by atoms with Gasteiger partial charge in [0, 0.05) is 18.0 Å². The standard InChI is InChI=1S/C22H24N2O6/c1-28-15-9-7-14(8-10-15)17-13-18(24(23-17)20(25)11-12-21(26)27)16-5-4-6-19(29-2)22(16)30-3/h4-10,13,18,23H,11-12H2,1-3H3,(H,26,27)/p-1/t18-/m0/s1. The molecule has 2 aromatic rings. The molecule has 30 heavy (non-hydrogen) atoms. The van der Waals surface area contributed by atoms with Crippen molar-refractivity contribution in [3.63, 3.8) is 0 Å². The summed E-state index contributed by atoms with van der Waals surface area (Å²) in [6.45, 7) is 0. The van der Waals surface area contributed by atoms with Gasteiger partial charge in [-0.25, -0.2) is 5.01 Å². The number of nitrogens with zero attached hydrogens (tertiary/aromatic N) is 1. The summed E-state index contributed by atoms with van der Waals surface area (Å²) in [6.07, 6.45) is 1.33. The third-order valence-electron chi connectivity index (χ3n) is 4.81. The smallest absolute Gasteiger partial charge is 0.242 e. The van der Waals surface area contributed by atoms with Crippen molar-refractivity contribution in [3.8, 4) is 17.2 Å². The zero-order valence-corrected chi connectivity index (χ0v) is 17.0. The van der Waals surface area contributed by atoms with E-state index in [1.165, 1.54) is 19.2 Å². The van der Waals surface area contributed by atoms with Gasteiger partial charge in [0.15, 0.2) is 11.5 Å². The first-order valence-corrected chi connectivity index (χ1v) is 9.34. The molecule has 1 aliphatic heterocycles. The van der Waals surface area contributed by atoms with Crippen LogP contribution >= 0.6 is 0 Å². The summed E-state index contributed by atoms with van der Waals surface area (Å²) in [7, 11) is 4.65. The van der Waals surface area contributed by atoms with Gasteiger partial charge in [0.1, 0.15) is 11.8 Å². The quantitative estimate of drug-likeness (QED) is 0.705. The number of hydrogen-bond acceptors (Lipinski definition) is 7. The number of para-hydroxylation sites is 1. The largest absolute Gasteiger partial charge is 0.550 e. The van der Waals surface area contributed by atoms with E-state index in [1.807, 2.05) is 36.4 Å². The number of methoxy groups -OCH3 is 3. The van der Waals surface area contributed by atoms with Crippen LogP contribution in [0.15, 0.2) is 48.5 Å². The van der Waals surface area contributed by atoms with Crippen LogP contribution in [0.5, 0.6) is 17.2 Å². The fourth-order valence-electron chi connectivity index (χ4n) is 3.32. The molecule has 158 valence electrons. The molecule has 1 amide bonds. The van der Waals surface area contributed by atoms with Crippen LogP contribution in [-0.2, 0) is 9.59 Å². The number of aliphatic carboxylic acids is 1. The van der Waals surface area contributed by atoms with Gasteiger partial charge in [-0.3, -0.25) is 10.2 Å². The highest BCUT2D eigenvalue weighted by molar-refractivity contribution is 5.83. The number of ether oxygens (including phenoxy) is 3. The number of rotatable bonds is 8. The number of amides is 1. The Hall–Kier alpha value is -3.68. The Labute approximate surface area is 174 Å². The second-order valence-electron chi connectivity index (χ2n) is 6.58. The number of hydrogen-bond donors (Lipinski definition) is 1. The Kier molecular flexibility index (Phi) is 6.46. The van der Waals surface area contributed by atoms with Crippen LogP contribution in [0, 0.1) is 0 Å². The minimum atomic E-state index is -1.28. The predicted octanol–water partition coefficient (Wildman–Crippen LogP) is 1.67. The van der Waals surface area contributed by atoms with Crippen LogP contribution < -0.4 is 24.7 Å². The molecule has 1 heterocycles. The minimum Gasteiger partial charge on any atom is -0.550 e. The first-order chi connectivity index (χ1) is 14.5. The van der Waals surface area contributed by atoms with Gasteiger partial charge < -0.3 is 24.1 Å². The highest BCUT2D eigenvalue weighted by Crippen LogP contribution is 2.40. The molecule has 0 aromatic heterocycles. The molecule has 0 bridgehead atoms. The topological polar surface area (TPSA) is 100 Å². The van der Waals surface area contributed by atoms with Crippen LogP contribution in [0.2, 0.25) is 0 Å². The van der Waals surface area contributed by atoms with E-state index in [0.717, 1.165) is 5.56 Å². The average Bonchev–Trinajstić information content (AvgIpc) is 3.22. The first kappa shape index (κ1) is 21.0. The van der Waals surface area contributed by atoms with Gasteiger partial charge in [0.2, 0.25) is 5.91 Å². The van der Waals surface area contributed by atoms with E-state index in [9.17, 15) is 14.7 Å². The molecule has 0 fully saturated rings. The van der Waals surface area contributed by atoms with E-state index in [1.54, 1.807) is 19.2 Å². The van der Waals surface area contributed by atoms with Crippen molar-refractivity contribution in [3.05, 3.63) is 59.7 Å². The second kappa shape index (κ2) is 9.21. The lowest BCUT2D eigenvalue weighted by atomic mass is 10.0. The van der Waals surface area contributed by atoms with Crippen LogP contribution in [0.4, 0.5) is 0 Å². The summed E-state index contributed by atoms with van der Waals surface area (Å²) in [5.74, 6) is 0.0839. The fraction of sp³-hybridized carbons (Fsp3) is 0.273. The maximum Gasteiger partial charge on any atom is 0.242 e. The Morgan fingerprint density at radius 1 is 1.00 bits per heavy atom. The third kappa shape index (κ3) is 4.32. The molecule has 0 saturated carbocycles. The van der Waals surface area contributed by atoms with Gasteiger partial charge in [0.25, 0.3) is 0 Å². The average molecular weight is 411 g/mol. The molecular formula is C22H23N2O6-. The molecular weight excluding hydrogens is 388 g/mol. The van der Waals surface area contributed by atoms with Gasteiger partial charge >= 0.3 is 0 Å². The van der Waals surface area contributed by atoms with E-state index in [2.05, 4.69) is 5.43 Å². The summed E-state index contributed by atoms with van der Waals surface area (Å²) in [5, 5.41) is 12.2. The van der Waals surface area contributed by atoms with Crippen LogP contribution in [0.1, 0.15) is 30.0 Å². The number of benzene rings is 2. The summed E-state index contributed by atoms with van der Waals surface area (Å²) in [4.78, 5) is 23.6. The summed E-state index contributed by atoms with van der Waals surface area (Å²) < 4.78 is 16.1. The van der Waals surface area contributed by atoms with Gasteiger partial charge in [-0.2, -0.15) is 0 Å². The minimum absolute atomic E-state index is 0.193. The molecule has 1 atom stereocenters. The lowest BCUT2D eigenvalue weighted by molar-refractivity contribution is -0.305. The summed E-state index contributed by atoms with van der Waals surface area (Å²) in [6, 6.07) is 12.3. The Morgan fingerprint density at radius 3 is 2.33 bits per heavy atom. The molecule has 0 radical (unpaired) electrons. The molecule has 3 rings (SSSR count). The second-order valence-corrected chi connectivity index (χ2v) is 6.58. The number of carboxylic acids is 1. The highest BCUT2D eigenvalue weighted by Gasteiger charge is 2.33. The van der Waals surface area contributed by atoms with Gasteiger partial charge in [-0.05, 0) is 48.4 Å². The molecule has 0 spiro atoms. The van der Waals surface area contributed by atoms with Crippen molar-refractivity contribution in [1.82, 2.24) is 10.4 Å². The number of carbonyl (C=O) groups excluding carboxylic acids is 2. The molecule has 0 aliphatic carbocycles. The Balaban J connectivity index is 2.00. The van der Waals surface area contributed by atoms with Crippen molar-refractivity contribution in [1.29, 1.82) is 0 Å². The SMILES string of the molecule is COc1ccc(C2=C[C@@H](c3cccc(OC)c3OC)N(C(=O)CCC(=O)[O-])N2)cc1. The molecule has 1 N–H and O–H groups in total. The van der Waals surface area contributed by atoms with Crippen molar-refractivity contribution < 1.29 is 28.9 Å². The fourth-order valence-corrected chi connectivity index (χ4v) is 3.32.